The molecule has 4 rings (SSSR count). The fraction of sp³-hybridized carbons (Fsp3) is 0.286. The van der Waals surface area contributed by atoms with Gasteiger partial charge in [0, 0.05) is 12.2 Å². The molecule has 0 saturated heterocycles. The van der Waals surface area contributed by atoms with Crippen LogP contribution < -0.4 is 9.74 Å². The molecule has 3 aromatic rings. The van der Waals surface area contributed by atoms with Gasteiger partial charge in [-0.3, -0.25) is 14.2 Å². The Labute approximate surface area is 189 Å². The summed E-state index contributed by atoms with van der Waals surface area (Å²) in [4.78, 5) is 44.8. The third-order valence-corrected chi connectivity index (χ3v) is 6.52. The van der Waals surface area contributed by atoms with Gasteiger partial charge in [0.2, 0.25) is 5.65 Å². The number of carbonyl (C=O) groups is 2. The molecule has 0 unspecified atom stereocenters. The van der Waals surface area contributed by atoms with Gasteiger partial charge in [-0.15, -0.1) is 0 Å². The van der Waals surface area contributed by atoms with Crippen molar-refractivity contribution in [1.82, 2.24) is 19.7 Å². The van der Waals surface area contributed by atoms with Crippen molar-refractivity contribution in [1.29, 1.82) is 0 Å². The van der Waals surface area contributed by atoms with Crippen molar-refractivity contribution in [3.05, 3.63) is 59.9 Å². The van der Waals surface area contributed by atoms with Crippen LogP contribution in [0.1, 0.15) is 41.0 Å². The van der Waals surface area contributed by atoms with Gasteiger partial charge >= 0.3 is 7.60 Å². The highest BCUT2D eigenvalue weighted by atomic mass is 31.2. The third-order valence-electron chi connectivity index (χ3n) is 4.71. The molecule has 0 aliphatic carbocycles. The number of amides is 2. The number of hydrogen-bond acceptors (Lipinski definition) is 9. The first-order valence-electron chi connectivity index (χ1n) is 10.3. The van der Waals surface area contributed by atoms with Gasteiger partial charge in [0.1, 0.15) is 19.3 Å². The summed E-state index contributed by atoms with van der Waals surface area (Å²) in [7, 11) is -3.26. The average molecular weight is 471 g/mol. The van der Waals surface area contributed by atoms with Crippen molar-refractivity contribution < 1.29 is 28.0 Å². The normalized spacial score (nSPS) is 13.9. The summed E-state index contributed by atoms with van der Waals surface area (Å²) in [5.41, 5.74) is 1.18. The van der Waals surface area contributed by atoms with Crippen LogP contribution in [-0.4, -0.2) is 51.3 Å². The summed E-state index contributed by atoms with van der Waals surface area (Å²) in [5.74, 6) is 0.564. The van der Waals surface area contributed by atoms with E-state index < -0.39 is 19.4 Å². The lowest BCUT2D eigenvalue weighted by molar-refractivity contribution is 0.0925. The van der Waals surface area contributed by atoms with Crippen molar-refractivity contribution in [3.63, 3.8) is 0 Å². The van der Waals surface area contributed by atoms with E-state index in [0.29, 0.717) is 23.2 Å². The van der Waals surface area contributed by atoms with Crippen molar-refractivity contribution in [3.8, 4) is 0 Å². The Bertz CT molecular complexity index is 1230. The molecule has 1 aliphatic rings. The second-order valence-electron chi connectivity index (χ2n) is 6.81. The van der Waals surface area contributed by atoms with Crippen LogP contribution in [0.15, 0.2) is 48.8 Å². The van der Waals surface area contributed by atoms with Gasteiger partial charge in [-0.1, -0.05) is 18.2 Å². The molecular weight excluding hydrogens is 449 g/mol. The number of carbonyl (C=O) groups excluding carboxylic acids is 2. The lowest BCUT2D eigenvalue weighted by Gasteiger charge is -2.13. The van der Waals surface area contributed by atoms with E-state index >= 15 is 0 Å². The lowest BCUT2D eigenvalue weighted by atomic mass is 10.1. The summed E-state index contributed by atoms with van der Waals surface area (Å²) in [5, 5.41) is 0. The number of benzene rings is 1. The predicted molar refractivity (Wildman–Crippen MR) is 119 cm³/mol. The van der Waals surface area contributed by atoms with Crippen molar-refractivity contribution in [2.24, 2.45) is 0 Å². The van der Waals surface area contributed by atoms with Gasteiger partial charge in [-0.05, 0) is 26.0 Å². The fourth-order valence-corrected chi connectivity index (χ4v) is 4.72. The Morgan fingerprint density at radius 3 is 2.30 bits per heavy atom. The second kappa shape index (κ2) is 9.62. The molecule has 12 heteroatoms. The maximum atomic E-state index is 12.8. The molecule has 11 nitrogen and oxygen atoms in total. The molecule has 172 valence electrons. The summed E-state index contributed by atoms with van der Waals surface area (Å²) < 4.78 is 24.1. The van der Waals surface area contributed by atoms with Gasteiger partial charge in [0.15, 0.2) is 11.3 Å². The van der Waals surface area contributed by atoms with Crippen LogP contribution in [0.4, 0.5) is 5.82 Å². The minimum Gasteiger partial charge on any atom is -0.410 e. The highest BCUT2D eigenvalue weighted by Crippen LogP contribution is 2.49. The molecule has 0 bridgehead atoms. The van der Waals surface area contributed by atoms with Crippen molar-refractivity contribution in [2.75, 3.05) is 24.7 Å². The van der Waals surface area contributed by atoms with Crippen LogP contribution in [0.5, 0.6) is 0 Å². The molecule has 33 heavy (non-hydrogen) atoms. The summed E-state index contributed by atoms with van der Waals surface area (Å²) >= 11 is 0. The molecule has 2 amide bonds. The maximum absolute atomic E-state index is 12.8. The highest BCUT2D eigenvalue weighted by Gasteiger charge is 2.38. The average Bonchev–Trinajstić information content (AvgIpc) is 3.33. The number of nitrogens with zero attached hydrogens (tertiary/aromatic N) is 5. The minimum atomic E-state index is -3.26. The summed E-state index contributed by atoms with van der Waals surface area (Å²) in [6.07, 6.45) is 4.70. The Morgan fingerprint density at radius 2 is 1.67 bits per heavy atom. The molecule has 0 fully saturated rings. The van der Waals surface area contributed by atoms with E-state index in [0.717, 1.165) is 4.90 Å². The van der Waals surface area contributed by atoms with E-state index in [1.807, 2.05) is 0 Å². The smallest absolute Gasteiger partial charge is 0.353 e. The standard InChI is InChI=1S/C21H22N5O6P/c1-3-31-33(29,32-4-2)12-8-7-11-30-25-14-24-17-18(25)22-13-23-19(17)26-20(27)15-9-5-6-10-16(15)21(26)28/h5-6,8-10,12-14H,3-4,7,11H2,1-2H3/b12-8-. The zero-order chi connectivity index (χ0) is 23.4. The Hall–Kier alpha value is -3.40. The fourth-order valence-electron chi connectivity index (χ4n) is 3.35. The van der Waals surface area contributed by atoms with E-state index in [9.17, 15) is 14.2 Å². The third kappa shape index (κ3) is 4.43. The van der Waals surface area contributed by atoms with E-state index in [2.05, 4.69) is 15.0 Å². The van der Waals surface area contributed by atoms with E-state index in [4.69, 9.17) is 13.9 Å². The molecule has 0 saturated carbocycles. The van der Waals surface area contributed by atoms with Crippen LogP contribution >= 0.6 is 7.60 Å². The topological polar surface area (TPSA) is 126 Å². The number of imidazole rings is 1. The van der Waals surface area contributed by atoms with E-state index in [-0.39, 0.29) is 31.2 Å². The molecule has 0 radical (unpaired) electrons. The van der Waals surface area contributed by atoms with Gasteiger partial charge in [-0.2, -0.15) is 4.73 Å². The Balaban J connectivity index is 1.49. The van der Waals surface area contributed by atoms with Crippen LogP contribution in [0.3, 0.4) is 0 Å². The molecule has 0 atom stereocenters. The van der Waals surface area contributed by atoms with Gasteiger partial charge in [0.25, 0.3) is 11.8 Å². The molecule has 0 N–H and O–H groups in total. The largest absolute Gasteiger partial charge is 0.410 e. The van der Waals surface area contributed by atoms with Crippen LogP contribution in [0.25, 0.3) is 11.2 Å². The van der Waals surface area contributed by atoms with E-state index in [1.165, 1.54) is 23.2 Å². The number of rotatable bonds is 10. The number of fused-ring (bicyclic) bond motifs is 2. The zero-order valence-electron chi connectivity index (χ0n) is 18.1. The quantitative estimate of drug-likeness (QED) is 0.249. The zero-order valence-corrected chi connectivity index (χ0v) is 19.0. The van der Waals surface area contributed by atoms with Crippen LogP contribution in [-0.2, 0) is 13.6 Å². The first kappa shape index (κ1) is 22.8. The van der Waals surface area contributed by atoms with Crippen molar-refractivity contribution in [2.45, 2.75) is 20.3 Å². The number of aromatic nitrogens is 4. The molecule has 0 spiro atoms. The van der Waals surface area contributed by atoms with Crippen molar-refractivity contribution >= 4 is 36.4 Å². The first-order chi connectivity index (χ1) is 16.0. The maximum Gasteiger partial charge on any atom is 0.353 e. The van der Waals surface area contributed by atoms with Crippen LogP contribution in [0.2, 0.25) is 0 Å². The first-order valence-corrected chi connectivity index (χ1v) is 12.0. The molecule has 1 aliphatic heterocycles. The van der Waals surface area contributed by atoms with E-state index in [1.54, 1.807) is 44.2 Å². The van der Waals surface area contributed by atoms with Gasteiger partial charge in [-0.25, -0.2) is 19.9 Å². The number of hydrogen-bond donors (Lipinski definition) is 0. The van der Waals surface area contributed by atoms with Gasteiger partial charge < -0.3 is 13.9 Å². The predicted octanol–water partition coefficient (Wildman–Crippen LogP) is 3.23. The summed E-state index contributed by atoms with van der Waals surface area (Å²) in [6, 6.07) is 6.59. The number of anilines is 1. The molecule has 3 heterocycles. The lowest BCUT2D eigenvalue weighted by Crippen LogP contribution is -2.30. The number of imide groups is 1. The Kier molecular flexibility index (Phi) is 6.64. The highest BCUT2D eigenvalue weighted by molar-refractivity contribution is 7.57. The van der Waals surface area contributed by atoms with Gasteiger partial charge in [0.05, 0.1) is 24.3 Å². The molecule has 1 aromatic carbocycles. The SMILES string of the molecule is CCOP(=O)(/C=C\CCOn1cnc2c(N3C(=O)c4ccccc4C3=O)ncnc21)OCC. The van der Waals surface area contributed by atoms with Crippen LogP contribution in [0, 0.1) is 0 Å². The second-order valence-corrected chi connectivity index (χ2v) is 8.71. The molecular formula is C21H22N5O6P. The molecule has 2 aromatic heterocycles. The summed E-state index contributed by atoms with van der Waals surface area (Å²) in [6.45, 7) is 4.24. The minimum absolute atomic E-state index is 0.0859. The Morgan fingerprint density at radius 1 is 1.00 bits per heavy atom. The monoisotopic (exact) mass is 471 g/mol.